The van der Waals surface area contributed by atoms with Crippen molar-refractivity contribution in [3.05, 3.63) is 28.7 Å². The standard InChI is InChI=1S/C12H15BrN2/c1-3-9(2)12(8-14)15-11-6-4-5-10(13)7-11/h4-7,9,12,15H,3H2,1-2H3. The molecule has 15 heavy (non-hydrogen) atoms. The van der Waals surface area contributed by atoms with Crippen LogP contribution in [0.15, 0.2) is 28.7 Å². The van der Waals surface area contributed by atoms with Crippen LogP contribution >= 0.6 is 15.9 Å². The summed E-state index contributed by atoms with van der Waals surface area (Å²) in [7, 11) is 0. The second kappa shape index (κ2) is 5.77. The Bertz CT molecular complexity index is 357. The van der Waals surface area contributed by atoms with Crippen molar-refractivity contribution in [1.82, 2.24) is 0 Å². The van der Waals surface area contributed by atoms with Gasteiger partial charge in [-0.3, -0.25) is 0 Å². The molecule has 0 saturated carbocycles. The van der Waals surface area contributed by atoms with Crippen LogP contribution in [0.3, 0.4) is 0 Å². The number of benzene rings is 1. The summed E-state index contributed by atoms with van der Waals surface area (Å²) in [6, 6.07) is 10.0. The van der Waals surface area contributed by atoms with Crippen LogP contribution in [-0.2, 0) is 0 Å². The maximum atomic E-state index is 9.03. The lowest BCUT2D eigenvalue weighted by Crippen LogP contribution is -2.24. The number of anilines is 1. The minimum absolute atomic E-state index is 0.121. The zero-order valence-electron chi connectivity index (χ0n) is 9.00. The van der Waals surface area contributed by atoms with Gasteiger partial charge in [-0.25, -0.2) is 0 Å². The van der Waals surface area contributed by atoms with Gasteiger partial charge < -0.3 is 5.32 Å². The fourth-order valence-corrected chi connectivity index (χ4v) is 1.69. The van der Waals surface area contributed by atoms with Crippen molar-refractivity contribution in [3.63, 3.8) is 0 Å². The van der Waals surface area contributed by atoms with Crippen LogP contribution in [0.5, 0.6) is 0 Å². The van der Waals surface area contributed by atoms with Crippen LogP contribution in [-0.4, -0.2) is 6.04 Å². The normalized spacial score (nSPS) is 14.0. The summed E-state index contributed by atoms with van der Waals surface area (Å²) in [4.78, 5) is 0. The van der Waals surface area contributed by atoms with Gasteiger partial charge in [0.25, 0.3) is 0 Å². The average molecular weight is 267 g/mol. The summed E-state index contributed by atoms with van der Waals surface area (Å²) in [6.07, 6.45) is 0.999. The number of hydrogen-bond acceptors (Lipinski definition) is 2. The zero-order valence-corrected chi connectivity index (χ0v) is 10.6. The molecule has 0 bridgehead atoms. The van der Waals surface area contributed by atoms with E-state index < -0.39 is 0 Å². The van der Waals surface area contributed by atoms with E-state index in [4.69, 9.17) is 5.26 Å². The number of nitrogens with one attached hydrogen (secondary N) is 1. The van der Waals surface area contributed by atoms with E-state index in [9.17, 15) is 0 Å². The Hall–Kier alpha value is -1.01. The molecule has 0 aliphatic carbocycles. The third-order valence-corrected chi connectivity index (χ3v) is 2.99. The summed E-state index contributed by atoms with van der Waals surface area (Å²) < 4.78 is 1.02. The first-order valence-corrected chi connectivity index (χ1v) is 5.88. The Morgan fingerprint density at radius 3 is 2.80 bits per heavy atom. The maximum absolute atomic E-state index is 9.03. The van der Waals surface area contributed by atoms with E-state index in [1.165, 1.54) is 0 Å². The zero-order chi connectivity index (χ0) is 11.3. The molecule has 0 aliphatic rings. The van der Waals surface area contributed by atoms with E-state index in [0.29, 0.717) is 5.92 Å². The van der Waals surface area contributed by atoms with Gasteiger partial charge in [0, 0.05) is 10.2 Å². The predicted octanol–water partition coefficient (Wildman–Crippen LogP) is 3.80. The lowest BCUT2D eigenvalue weighted by molar-refractivity contribution is 0.533. The van der Waals surface area contributed by atoms with Crippen LogP contribution in [0.1, 0.15) is 20.3 Å². The molecule has 1 rings (SSSR count). The Balaban J connectivity index is 2.72. The first-order chi connectivity index (χ1) is 7.17. The van der Waals surface area contributed by atoms with Crippen molar-refractivity contribution in [2.75, 3.05) is 5.32 Å². The third kappa shape index (κ3) is 3.56. The first-order valence-electron chi connectivity index (χ1n) is 5.09. The molecule has 2 nitrogen and oxygen atoms in total. The van der Waals surface area contributed by atoms with Crippen LogP contribution < -0.4 is 5.32 Å². The van der Waals surface area contributed by atoms with E-state index in [-0.39, 0.29) is 6.04 Å². The molecular formula is C12H15BrN2. The molecular weight excluding hydrogens is 252 g/mol. The largest absolute Gasteiger partial charge is 0.370 e. The van der Waals surface area contributed by atoms with Crippen molar-refractivity contribution >= 4 is 21.6 Å². The second-order valence-electron chi connectivity index (χ2n) is 3.65. The van der Waals surface area contributed by atoms with E-state index in [1.807, 2.05) is 24.3 Å². The smallest absolute Gasteiger partial charge is 0.117 e. The summed E-state index contributed by atoms with van der Waals surface area (Å²) >= 11 is 3.41. The van der Waals surface area contributed by atoms with Crippen molar-refractivity contribution in [1.29, 1.82) is 5.26 Å². The Kier molecular flexibility index (Phi) is 4.64. The molecule has 2 atom stereocenters. The van der Waals surface area contributed by atoms with Crippen LogP contribution in [0.2, 0.25) is 0 Å². The fourth-order valence-electron chi connectivity index (χ4n) is 1.30. The lowest BCUT2D eigenvalue weighted by atomic mass is 10.0. The molecule has 0 spiro atoms. The van der Waals surface area contributed by atoms with Gasteiger partial charge in [0.1, 0.15) is 6.04 Å². The van der Waals surface area contributed by atoms with Gasteiger partial charge in [-0.1, -0.05) is 42.3 Å². The van der Waals surface area contributed by atoms with Gasteiger partial charge in [0.05, 0.1) is 6.07 Å². The number of hydrogen-bond donors (Lipinski definition) is 1. The highest BCUT2D eigenvalue weighted by atomic mass is 79.9. The molecule has 1 aromatic carbocycles. The molecule has 2 unspecified atom stereocenters. The van der Waals surface area contributed by atoms with Gasteiger partial charge in [0.15, 0.2) is 0 Å². The van der Waals surface area contributed by atoms with Crippen LogP contribution in [0.25, 0.3) is 0 Å². The molecule has 0 aliphatic heterocycles. The highest BCUT2D eigenvalue weighted by Crippen LogP contribution is 2.18. The number of nitrogens with zero attached hydrogens (tertiary/aromatic N) is 1. The Morgan fingerprint density at radius 1 is 1.53 bits per heavy atom. The molecule has 0 saturated heterocycles. The Morgan fingerprint density at radius 2 is 2.27 bits per heavy atom. The molecule has 0 heterocycles. The number of halogens is 1. The molecule has 80 valence electrons. The van der Waals surface area contributed by atoms with Gasteiger partial charge in [0.2, 0.25) is 0 Å². The molecule has 0 radical (unpaired) electrons. The van der Waals surface area contributed by atoms with Crippen LogP contribution in [0, 0.1) is 17.2 Å². The summed E-state index contributed by atoms with van der Waals surface area (Å²) in [5.74, 6) is 0.356. The summed E-state index contributed by atoms with van der Waals surface area (Å²) in [5, 5.41) is 12.3. The molecule has 1 N–H and O–H groups in total. The van der Waals surface area contributed by atoms with Gasteiger partial charge in [-0.2, -0.15) is 5.26 Å². The minimum atomic E-state index is -0.121. The van der Waals surface area contributed by atoms with Gasteiger partial charge >= 0.3 is 0 Å². The van der Waals surface area contributed by atoms with Crippen molar-refractivity contribution in [2.45, 2.75) is 26.3 Å². The van der Waals surface area contributed by atoms with E-state index >= 15 is 0 Å². The molecule has 0 aromatic heterocycles. The number of nitriles is 1. The van der Waals surface area contributed by atoms with Gasteiger partial charge in [-0.05, 0) is 24.1 Å². The summed E-state index contributed by atoms with van der Waals surface area (Å²) in [6.45, 7) is 4.18. The Labute approximate surface area is 99.4 Å². The molecule has 1 aromatic rings. The van der Waals surface area contributed by atoms with Gasteiger partial charge in [-0.15, -0.1) is 0 Å². The molecule has 0 amide bonds. The first kappa shape index (κ1) is 12.1. The fraction of sp³-hybridized carbons (Fsp3) is 0.417. The summed E-state index contributed by atoms with van der Waals surface area (Å²) in [5.41, 5.74) is 0.983. The highest BCUT2D eigenvalue weighted by Gasteiger charge is 2.14. The van der Waals surface area contributed by atoms with Crippen molar-refractivity contribution < 1.29 is 0 Å². The monoisotopic (exact) mass is 266 g/mol. The van der Waals surface area contributed by atoms with E-state index in [2.05, 4.69) is 41.2 Å². The van der Waals surface area contributed by atoms with E-state index in [0.717, 1.165) is 16.6 Å². The molecule has 0 fully saturated rings. The molecule has 3 heteroatoms. The van der Waals surface area contributed by atoms with Crippen molar-refractivity contribution in [3.8, 4) is 6.07 Å². The van der Waals surface area contributed by atoms with Crippen molar-refractivity contribution in [2.24, 2.45) is 5.92 Å². The third-order valence-electron chi connectivity index (χ3n) is 2.50. The highest BCUT2D eigenvalue weighted by molar-refractivity contribution is 9.10. The van der Waals surface area contributed by atoms with E-state index in [1.54, 1.807) is 0 Å². The minimum Gasteiger partial charge on any atom is -0.370 e. The topological polar surface area (TPSA) is 35.8 Å². The maximum Gasteiger partial charge on any atom is 0.117 e. The quantitative estimate of drug-likeness (QED) is 0.900. The average Bonchev–Trinajstić information content (AvgIpc) is 2.25. The lowest BCUT2D eigenvalue weighted by Gasteiger charge is -2.18. The number of rotatable bonds is 4. The van der Waals surface area contributed by atoms with Crippen LogP contribution in [0.4, 0.5) is 5.69 Å². The SMILES string of the molecule is CCC(C)C(C#N)Nc1cccc(Br)c1. The second-order valence-corrected chi connectivity index (χ2v) is 4.56. The predicted molar refractivity (Wildman–Crippen MR) is 66.6 cm³/mol.